The zero-order valence-corrected chi connectivity index (χ0v) is 10.7. The molecule has 1 fully saturated rings. The van der Waals surface area contributed by atoms with E-state index in [4.69, 9.17) is 11.6 Å². The van der Waals surface area contributed by atoms with Gasteiger partial charge >= 0.3 is 0 Å². The van der Waals surface area contributed by atoms with E-state index in [1.165, 1.54) is 12.8 Å². The molecular formula is C11H13ClN6. The highest BCUT2D eigenvalue weighted by atomic mass is 35.5. The summed E-state index contributed by atoms with van der Waals surface area (Å²) in [5.74, 6) is 1.52. The largest absolute Gasteiger partial charge is 0.354 e. The van der Waals surface area contributed by atoms with Gasteiger partial charge in [0.1, 0.15) is 0 Å². The Morgan fingerprint density at radius 3 is 2.94 bits per heavy atom. The molecule has 3 rings (SSSR count). The normalized spacial score (nSPS) is 14.8. The zero-order valence-electron chi connectivity index (χ0n) is 9.97. The van der Waals surface area contributed by atoms with Crippen LogP contribution in [-0.2, 0) is 0 Å². The fourth-order valence-electron chi connectivity index (χ4n) is 1.73. The van der Waals surface area contributed by atoms with Gasteiger partial charge in [0.25, 0.3) is 5.95 Å². The first kappa shape index (κ1) is 11.4. The van der Waals surface area contributed by atoms with E-state index >= 15 is 0 Å². The van der Waals surface area contributed by atoms with Crippen molar-refractivity contribution in [2.24, 2.45) is 0 Å². The van der Waals surface area contributed by atoms with Crippen LogP contribution in [0.4, 0.5) is 5.95 Å². The third kappa shape index (κ3) is 2.28. The topological polar surface area (TPSA) is 68.5 Å². The number of nitrogens with one attached hydrogen (secondary N) is 1. The Balaban J connectivity index is 1.93. The number of anilines is 1. The lowest BCUT2D eigenvalue weighted by atomic mass is 10.3. The Hall–Kier alpha value is -1.69. The molecule has 0 aliphatic heterocycles. The molecule has 0 unspecified atom stereocenters. The molecule has 1 aliphatic rings. The van der Waals surface area contributed by atoms with Crippen molar-refractivity contribution in [1.29, 1.82) is 0 Å². The molecule has 0 aromatic carbocycles. The van der Waals surface area contributed by atoms with Gasteiger partial charge < -0.3 is 5.32 Å². The molecule has 1 N–H and O–H groups in total. The zero-order chi connectivity index (χ0) is 12.5. The maximum Gasteiger partial charge on any atom is 0.256 e. The second-order valence-corrected chi connectivity index (χ2v) is 4.56. The van der Waals surface area contributed by atoms with E-state index in [2.05, 4.69) is 25.4 Å². The summed E-state index contributed by atoms with van der Waals surface area (Å²) < 4.78 is 1.64. The Bertz CT molecular complexity index is 562. The average Bonchev–Trinajstić information content (AvgIpc) is 3.07. The summed E-state index contributed by atoms with van der Waals surface area (Å²) in [6.45, 7) is 2.70. The van der Waals surface area contributed by atoms with E-state index in [1.54, 1.807) is 4.68 Å². The molecule has 0 atom stereocenters. The molecule has 2 aromatic rings. The van der Waals surface area contributed by atoms with Crippen LogP contribution >= 0.6 is 11.6 Å². The highest BCUT2D eigenvalue weighted by molar-refractivity contribution is 6.28. The predicted molar refractivity (Wildman–Crippen MR) is 68.1 cm³/mol. The molecule has 1 aliphatic carbocycles. The minimum Gasteiger partial charge on any atom is -0.354 e. The second kappa shape index (κ2) is 4.53. The molecule has 7 heteroatoms. The van der Waals surface area contributed by atoms with Crippen LogP contribution in [0, 0.1) is 0 Å². The van der Waals surface area contributed by atoms with Crippen LogP contribution in [0.1, 0.15) is 31.4 Å². The molecule has 94 valence electrons. The van der Waals surface area contributed by atoms with Crippen molar-refractivity contribution in [3.63, 3.8) is 0 Å². The minimum absolute atomic E-state index is 0.166. The molecule has 1 saturated carbocycles. The third-order valence-corrected chi connectivity index (χ3v) is 2.91. The lowest BCUT2D eigenvalue weighted by Gasteiger charge is -2.04. The Labute approximate surface area is 109 Å². The van der Waals surface area contributed by atoms with E-state index in [0.717, 1.165) is 12.2 Å². The second-order valence-electron chi connectivity index (χ2n) is 4.22. The number of hydrogen-bond acceptors (Lipinski definition) is 5. The van der Waals surface area contributed by atoms with Gasteiger partial charge in [0.15, 0.2) is 0 Å². The van der Waals surface area contributed by atoms with Gasteiger partial charge in [0.05, 0.1) is 5.69 Å². The number of rotatable bonds is 4. The SMILES string of the molecule is CCNc1nc(Cl)nc(-n2ccc(C3CC3)n2)n1. The molecule has 0 bridgehead atoms. The van der Waals surface area contributed by atoms with E-state index in [-0.39, 0.29) is 5.28 Å². The molecule has 2 heterocycles. The Morgan fingerprint density at radius 2 is 2.22 bits per heavy atom. The van der Waals surface area contributed by atoms with Gasteiger partial charge in [-0.25, -0.2) is 4.68 Å². The summed E-state index contributed by atoms with van der Waals surface area (Å²) in [5.41, 5.74) is 1.09. The summed E-state index contributed by atoms with van der Waals surface area (Å²) >= 11 is 5.87. The minimum atomic E-state index is 0.166. The molecule has 0 amide bonds. The van der Waals surface area contributed by atoms with E-state index < -0.39 is 0 Å². The van der Waals surface area contributed by atoms with Crippen LogP contribution < -0.4 is 5.32 Å². The monoisotopic (exact) mass is 264 g/mol. The first-order chi connectivity index (χ1) is 8.76. The smallest absolute Gasteiger partial charge is 0.256 e. The Morgan fingerprint density at radius 1 is 1.39 bits per heavy atom. The van der Waals surface area contributed by atoms with Gasteiger partial charge in [0, 0.05) is 18.7 Å². The van der Waals surface area contributed by atoms with E-state index in [1.807, 2.05) is 19.2 Å². The average molecular weight is 265 g/mol. The van der Waals surface area contributed by atoms with Crippen molar-refractivity contribution >= 4 is 17.5 Å². The van der Waals surface area contributed by atoms with Crippen LogP contribution in [0.2, 0.25) is 5.28 Å². The van der Waals surface area contributed by atoms with Crippen molar-refractivity contribution in [3.05, 3.63) is 23.2 Å². The van der Waals surface area contributed by atoms with Gasteiger partial charge in [-0.05, 0) is 37.4 Å². The molecule has 0 radical (unpaired) electrons. The number of hydrogen-bond donors (Lipinski definition) is 1. The van der Waals surface area contributed by atoms with Crippen LogP contribution in [0.3, 0.4) is 0 Å². The number of halogens is 1. The van der Waals surface area contributed by atoms with Crippen LogP contribution in [0.5, 0.6) is 0 Å². The standard InChI is InChI=1S/C11H13ClN6/c1-2-13-10-14-9(12)15-11(16-10)18-6-5-8(17-18)7-3-4-7/h5-7H,2-4H2,1H3,(H,13,14,15,16). The molecule has 2 aromatic heterocycles. The predicted octanol–water partition coefficient (Wildman–Crippen LogP) is 2.02. The summed E-state index contributed by atoms with van der Waals surface area (Å²) in [7, 11) is 0. The fourth-order valence-corrected chi connectivity index (χ4v) is 1.88. The summed E-state index contributed by atoms with van der Waals surface area (Å²) in [5, 5.41) is 7.64. The quantitative estimate of drug-likeness (QED) is 0.915. The van der Waals surface area contributed by atoms with Crippen molar-refractivity contribution in [2.45, 2.75) is 25.7 Å². The first-order valence-corrected chi connectivity index (χ1v) is 6.35. The summed E-state index contributed by atoms with van der Waals surface area (Å²) in [6.07, 6.45) is 4.30. The van der Waals surface area contributed by atoms with Crippen molar-refractivity contribution < 1.29 is 0 Å². The lowest BCUT2D eigenvalue weighted by Crippen LogP contribution is -2.09. The molecule has 0 spiro atoms. The number of nitrogens with zero attached hydrogens (tertiary/aromatic N) is 5. The lowest BCUT2D eigenvalue weighted by molar-refractivity contribution is 0.773. The van der Waals surface area contributed by atoms with Gasteiger partial charge in [-0.15, -0.1) is 0 Å². The maximum atomic E-state index is 5.87. The van der Waals surface area contributed by atoms with Gasteiger partial charge in [-0.2, -0.15) is 20.1 Å². The van der Waals surface area contributed by atoms with Crippen molar-refractivity contribution in [2.75, 3.05) is 11.9 Å². The van der Waals surface area contributed by atoms with Crippen molar-refractivity contribution in [1.82, 2.24) is 24.7 Å². The summed E-state index contributed by atoms with van der Waals surface area (Å²) in [6, 6.07) is 2.00. The molecule has 0 saturated heterocycles. The number of aromatic nitrogens is 5. The van der Waals surface area contributed by atoms with Crippen molar-refractivity contribution in [3.8, 4) is 5.95 Å². The third-order valence-electron chi connectivity index (χ3n) is 2.74. The maximum absolute atomic E-state index is 5.87. The molecule has 6 nitrogen and oxygen atoms in total. The first-order valence-electron chi connectivity index (χ1n) is 5.97. The van der Waals surface area contributed by atoms with Crippen LogP contribution in [0.25, 0.3) is 5.95 Å². The Kier molecular flexibility index (Phi) is 2.87. The highest BCUT2D eigenvalue weighted by Gasteiger charge is 2.26. The molecule has 18 heavy (non-hydrogen) atoms. The van der Waals surface area contributed by atoms with E-state index in [9.17, 15) is 0 Å². The van der Waals surface area contributed by atoms with Gasteiger partial charge in [0.2, 0.25) is 11.2 Å². The van der Waals surface area contributed by atoms with Crippen LogP contribution in [-0.4, -0.2) is 31.3 Å². The molecular weight excluding hydrogens is 252 g/mol. The van der Waals surface area contributed by atoms with Gasteiger partial charge in [-0.1, -0.05) is 0 Å². The van der Waals surface area contributed by atoms with Crippen LogP contribution in [0.15, 0.2) is 12.3 Å². The highest BCUT2D eigenvalue weighted by Crippen LogP contribution is 2.38. The summed E-state index contributed by atoms with van der Waals surface area (Å²) in [4.78, 5) is 12.3. The fraction of sp³-hybridized carbons (Fsp3) is 0.455. The van der Waals surface area contributed by atoms with E-state index in [0.29, 0.717) is 17.8 Å². The van der Waals surface area contributed by atoms with Gasteiger partial charge in [-0.3, -0.25) is 0 Å².